The van der Waals surface area contributed by atoms with E-state index < -0.39 is 17.9 Å². The van der Waals surface area contributed by atoms with Gasteiger partial charge in [-0.3, -0.25) is 10.1 Å². The summed E-state index contributed by atoms with van der Waals surface area (Å²) in [6.45, 7) is 0. The lowest BCUT2D eigenvalue weighted by Gasteiger charge is -2.24. The molecular weight excluding hydrogens is 288 g/mol. The molecule has 0 aromatic carbocycles. The molecule has 1 aromatic heterocycles. The maximum Gasteiger partial charge on any atom is 0.458 e. The van der Waals surface area contributed by atoms with E-state index >= 15 is 0 Å². The van der Waals surface area contributed by atoms with E-state index in [-0.39, 0.29) is 5.13 Å². The number of thiazole rings is 1. The molecule has 1 aliphatic rings. The Morgan fingerprint density at radius 1 is 1.47 bits per heavy atom. The molecular formula is C10H10F4N2O2S. The number of methoxy groups -OCH3 is 1. The number of halogens is 4. The Kier molecular flexibility index (Phi) is 3.52. The second-order valence-electron chi connectivity index (χ2n) is 4.10. The minimum absolute atomic E-state index is 0.0739. The normalized spacial score (nSPS) is 19.0. The van der Waals surface area contributed by atoms with Crippen molar-refractivity contribution in [3.63, 3.8) is 0 Å². The van der Waals surface area contributed by atoms with Crippen molar-refractivity contribution in [3.05, 3.63) is 11.1 Å². The van der Waals surface area contributed by atoms with Gasteiger partial charge in [-0.05, 0) is 12.8 Å². The van der Waals surface area contributed by atoms with E-state index in [1.807, 2.05) is 0 Å². The first kappa shape index (κ1) is 14.2. The molecule has 1 aromatic rings. The number of alkyl halides is 4. The molecule has 1 aliphatic carbocycles. The number of ether oxygens (including phenoxy) is 1. The topological polar surface area (TPSA) is 51.2 Å². The maximum absolute atomic E-state index is 13.5. The Labute approximate surface area is 109 Å². The molecule has 0 unspecified atom stereocenters. The average Bonchev–Trinajstić information content (AvgIpc) is 3.08. The fourth-order valence-corrected chi connectivity index (χ4v) is 2.21. The number of carbonyl (C=O) groups excluding carboxylic acids is 1. The zero-order chi connectivity index (χ0) is 14.3. The smallest absolute Gasteiger partial charge is 0.335 e. The SMILES string of the molecule is CO[C@@](F)(C(=O)Nc1nc(C2CC2)cs1)C(F)(F)F. The van der Waals surface area contributed by atoms with Crippen LogP contribution in [0.3, 0.4) is 0 Å². The molecule has 0 radical (unpaired) electrons. The van der Waals surface area contributed by atoms with Crippen molar-refractivity contribution in [1.29, 1.82) is 0 Å². The molecule has 0 saturated heterocycles. The molecule has 1 N–H and O–H groups in total. The molecule has 106 valence electrons. The first-order chi connectivity index (χ1) is 8.78. The van der Waals surface area contributed by atoms with Crippen molar-refractivity contribution in [3.8, 4) is 0 Å². The summed E-state index contributed by atoms with van der Waals surface area (Å²) in [5, 5.41) is 3.35. The summed E-state index contributed by atoms with van der Waals surface area (Å²) >= 11 is 0.951. The van der Waals surface area contributed by atoms with Gasteiger partial charge in [0.15, 0.2) is 5.13 Å². The predicted octanol–water partition coefficient (Wildman–Crippen LogP) is 2.83. The Bertz CT molecular complexity index is 486. The van der Waals surface area contributed by atoms with Crippen LogP contribution in [0.15, 0.2) is 5.38 Å². The zero-order valence-corrected chi connectivity index (χ0v) is 10.6. The van der Waals surface area contributed by atoms with Gasteiger partial charge < -0.3 is 4.74 Å². The molecule has 9 heteroatoms. The van der Waals surface area contributed by atoms with Crippen molar-refractivity contribution in [1.82, 2.24) is 4.98 Å². The molecule has 1 saturated carbocycles. The fourth-order valence-electron chi connectivity index (χ4n) is 1.42. The Morgan fingerprint density at radius 2 is 2.11 bits per heavy atom. The molecule has 4 nitrogen and oxygen atoms in total. The van der Waals surface area contributed by atoms with Gasteiger partial charge in [0, 0.05) is 18.4 Å². The van der Waals surface area contributed by atoms with E-state index in [4.69, 9.17) is 0 Å². The van der Waals surface area contributed by atoms with E-state index in [1.54, 1.807) is 10.7 Å². The number of nitrogens with one attached hydrogen (secondary N) is 1. The molecule has 0 spiro atoms. The summed E-state index contributed by atoms with van der Waals surface area (Å²) in [4.78, 5) is 15.3. The van der Waals surface area contributed by atoms with Gasteiger partial charge in [0.25, 0.3) is 0 Å². The third-order valence-corrected chi connectivity index (χ3v) is 3.45. The van der Waals surface area contributed by atoms with Crippen LogP contribution in [0.25, 0.3) is 0 Å². The highest BCUT2D eigenvalue weighted by molar-refractivity contribution is 7.13. The molecule has 0 aliphatic heterocycles. The summed E-state index contributed by atoms with van der Waals surface area (Å²) in [5.74, 6) is -6.01. The molecule has 0 bridgehead atoms. The second-order valence-corrected chi connectivity index (χ2v) is 4.96. The minimum atomic E-state index is -5.46. The molecule has 1 heterocycles. The van der Waals surface area contributed by atoms with Gasteiger partial charge in [-0.15, -0.1) is 11.3 Å². The summed E-state index contributed by atoms with van der Waals surface area (Å²) in [5.41, 5.74) is 0.703. The van der Waals surface area contributed by atoms with Crippen LogP contribution in [0.5, 0.6) is 0 Å². The van der Waals surface area contributed by atoms with E-state index in [0.29, 0.717) is 18.7 Å². The molecule has 2 rings (SSSR count). The fraction of sp³-hybridized carbons (Fsp3) is 0.600. The number of aromatic nitrogens is 1. The van der Waals surface area contributed by atoms with E-state index in [0.717, 1.165) is 24.2 Å². The van der Waals surface area contributed by atoms with Crippen LogP contribution in [0.4, 0.5) is 22.7 Å². The van der Waals surface area contributed by atoms with Crippen LogP contribution < -0.4 is 5.32 Å². The van der Waals surface area contributed by atoms with Gasteiger partial charge in [-0.2, -0.15) is 17.6 Å². The van der Waals surface area contributed by atoms with Gasteiger partial charge in [0.1, 0.15) is 0 Å². The summed E-state index contributed by atoms with van der Waals surface area (Å²) in [6, 6.07) is 0. The van der Waals surface area contributed by atoms with Crippen LogP contribution in [0, 0.1) is 0 Å². The lowest BCUT2D eigenvalue weighted by Crippen LogP contribution is -2.52. The molecule has 1 atom stereocenters. The highest BCUT2D eigenvalue weighted by atomic mass is 32.1. The van der Waals surface area contributed by atoms with Gasteiger partial charge >= 0.3 is 17.9 Å². The van der Waals surface area contributed by atoms with Crippen molar-refractivity contribution >= 4 is 22.4 Å². The standard InChI is InChI=1S/C10H10F4N2O2S/c1-18-9(11,10(12,13)14)7(17)16-8-15-6(4-19-8)5-2-3-5/h4-5H,2-3H2,1H3,(H,15,16,17)/t9-/m0/s1. The highest BCUT2D eigenvalue weighted by Gasteiger charge is 2.63. The third-order valence-electron chi connectivity index (χ3n) is 2.68. The van der Waals surface area contributed by atoms with Crippen LogP contribution in [-0.2, 0) is 9.53 Å². The lowest BCUT2D eigenvalue weighted by molar-refractivity contribution is -0.305. The zero-order valence-electron chi connectivity index (χ0n) is 9.75. The summed E-state index contributed by atoms with van der Waals surface area (Å²) in [6.07, 6.45) is -3.53. The Hall–Kier alpha value is -1.22. The van der Waals surface area contributed by atoms with E-state index in [2.05, 4.69) is 9.72 Å². The number of amides is 1. The average molecular weight is 298 g/mol. The quantitative estimate of drug-likeness (QED) is 0.870. The maximum atomic E-state index is 13.5. The van der Waals surface area contributed by atoms with Gasteiger partial charge in [-0.1, -0.05) is 0 Å². The van der Waals surface area contributed by atoms with Crippen LogP contribution in [0.2, 0.25) is 0 Å². The highest BCUT2D eigenvalue weighted by Crippen LogP contribution is 2.41. The van der Waals surface area contributed by atoms with E-state index in [9.17, 15) is 22.4 Å². The Balaban J connectivity index is 2.10. The van der Waals surface area contributed by atoms with Crippen LogP contribution in [-0.4, -0.2) is 30.0 Å². The predicted molar refractivity (Wildman–Crippen MR) is 59.6 cm³/mol. The third kappa shape index (κ3) is 2.71. The second kappa shape index (κ2) is 4.71. The summed E-state index contributed by atoms with van der Waals surface area (Å²) < 4.78 is 54.4. The number of anilines is 1. The van der Waals surface area contributed by atoms with E-state index in [1.165, 1.54) is 0 Å². The van der Waals surface area contributed by atoms with Crippen molar-refractivity contribution < 1.29 is 27.1 Å². The number of carbonyl (C=O) groups is 1. The lowest BCUT2D eigenvalue weighted by atomic mass is 10.3. The first-order valence-electron chi connectivity index (χ1n) is 5.35. The van der Waals surface area contributed by atoms with Crippen molar-refractivity contribution in [2.75, 3.05) is 12.4 Å². The van der Waals surface area contributed by atoms with Crippen molar-refractivity contribution in [2.45, 2.75) is 30.8 Å². The van der Waals surface area contributed by atoms with Crippen molar-refractivity contribution in [2.24, 2.45) is 0 Å². The van der Waals surface area contributed by atoms with Crippen LogP contribution >= 0.6 is 11.3 Å². The Morgan fingerprint density at radius 3 is 2.58 bits per heavy atom. The van der Waals surface area contributed by atoms with Gasteiger partial charge in [0.2, 0.25) is 0 Å². The number of rotatable bonds is 4. The first-order valence-corrected chi connectivity index (χ1v) is 6.23. The molecule has 19 heavy (non-hydrogen) atoms. The number of hydrogen-bond acceptors (Lipinski definition) is 4. The number of nitrogens with zero attached hydrogens (tertiary/aromatic N) is 1. The minimum Gasteiger partial charge on any atom is -0.335 e. The number of hydrogen-bond donors (Lipinski definition) is 1. The molecule has 1 fully saturated rings. The monoisotopic (exact) mass is 298 g/mol. The van der Waals surface area contributed by atoms with Gasteiger partial charge in [-0.25, -0.2) is 4.98 Å². The van der Waals surface area contributed by atoms with Gasteiger partial charge in [0.05, 0.1) is 5.69 Å². The molecule has 1 amide bonds. The van der Waals surface area contributed by atoms with Crippen LogP contribution in [0.1, 0.15) is 24.5 Å². The largest absolute Gasteiger partial charge is 0.458 e. The summed E-state index contributed by atoms with van der Waals surface area (Å²) in [7, 11) is 0.477.